The topological polar surface area (TPSA) is 104 Å². The Bertz CT molecular complexity index is 1360. The van der Waals surface area contributed by atoms with Crippen LogP contribution in [0, 0.1) is 5.92 Å². The quantitative estimate of drug-likeness (QED) is 0.144. The summed E-state index contributed by atoms with van der Waals surface area (Å²) in [6.45, 7) is 3.95. The zero-order chi connectivity index (χ0) is 25.1. The number of methoxy groups -OCH3 is 1. The highest BCUT2D eigenvalue weighted by Gasteiger charge is 2.27. The second-order valence-electron chi connectivity index (χ2n) is 8.73. The summed E-state index contributed by atoms with van der Waals surface area (Å²) in [4.78, 5) is 53.7. The van der Waals surface area contributed by atoms with E-state index in [9.17, 15) is 19.2 Å². The number of hydrogen-bond acceptors (Lipinski definition) is 7. The van der Waals surface area contributed by atoms with Crippen molar-refractivity contribution in [1.82, 2.24) is 4.57 Å². The summed E-state index contributed by atoms with van der Waals surface area (Å²) in [5.74, 6) is -1.35. The number of carbonyl (C=O) groups is 4. The van der Waals surface area contributed by atoms with E-state index in [1.54, 1.807) is 12.1 Å². The third-order valence-electron chi connectivity index (χ3n) is 6.54. The smallest absolute Gasteiger partial charge is 0.331 e. The molecule has 2 aromatic carbocycles. The largest absolute Gasteiger partial charge is 0.469 e. The number of hydrogen-bond donors (Lipinski definition) is 0. The van der Waals surface area contributed by atoms with Gasteiger partial charge in [0.05, 0.1) is 13.5 Å². The number of ketones is 2. The maximum absolute atomic E-state index is 13.3. The van der Waals surface area contributed by atoms with E-state index in [-0.39, 0.29) is 30.3 Å². The second kappa shape index (κ2) is 10.2. The predicted octanol–water partition coefficient (Wildman–Crippen LogP) is 4.85. The van der Waals surface area contributed by atoms with Gasteiger partial charge in [-0.1, -0.05) is 11.6 Å². The van der Waals surface area contributed by atoms with Gasteiger partial charge in [-0.15, -0.1) is 0 Å². The zero-order valence-corrected chi connectivity index (χ0v) is 20.1. The molecule has 1 aromatic heterocycles. The van der Waals surface area contributed by atoms with Gasteiger partial charge in [-0.2, -0.15) is 0 Å². The Hall–Kier alpha value is -3.81. The van der Waals surface area contributed by atoms with Gasteiger partial charge in [0.1, 0.15) is 5.71 Å². The summed E-state index contributed by atoms with van der Waals surface area (Å²) in [7, 11) is 1.26. The molecule has 0 spiro atoms. The first-order chi connectivity index (χ1) is 16.8. The molecule has 0 atom stereocenters. The molecule has 1 aliphatic carbocycles. The highest BCUT2D eigenvalue weighted by Crippen LogP contribution is 2.34. The number of esters is 1. The fourth-order valence-electron chi connectivity index (χ4n) is 4.45. The van der Waals surface area contributed by atoms with Crippen LogP contribution in [0.15, 0.2) is 41.6 Å². The van der Waals surface area contributed by atoms with Crippen LogP contribution >= 0.6 is 0 Å². The minimum absolute atomic E-state index is 0.0341. The second-order valence-corrected chi connectivity index (χ2v) is 8.73. The Kier molecular flexibility index (Phi) is 7.10. The van der Waals surface area contributed by atoms with Crippen LogP contribution in [-0.4, -0.2) is 40.9 Å². The third kappa shape index (κ3) is 4.87. The lowest BCUT2D eigenvalue weighted by atomic mass is 9.80. The van der Waals surface area contributed by atoms with Crippen LogP contribution in [0.2, 0.25) is 0 Å². The number of fused-ring (bicyclic) bond motifs is 3. The molecule has 1 saturated carbocycles. The standard InChI is InChI=1S/C27H28N2O6/c1-4-29-23-11-8-18(26(32)17-6-5-7-17)14-20(23)21-15-19(9-12-24(21)29)27(33)22(28-35-16(2)30)10-13-25(31)34-3/h8-9,11-12,14-15,17H,4-7,10,13H2,1-3H3/b28-22-. The molecule has 8 heteroatoms. The maximum Gasteiger partial charge on any atom is 0.331 e. The van der Waals surface area contributed by atoms with Gasteiger partial charge in [-0.25, -0.2) is 4.79 Å². The lowest BCUT2D eigenvalue weighted by Gasteiger charge is -2.23. The Balaban J connectivity index is 1.76. The van der Waals surface area contributed by atoms with E-state index in [0.717, 1.165) is 47.6 Å². The average molecular weight is 477 g/mol. The number of Topliss-reactive ketones (excluding diaryl/α,β-unsaturated/α-hetero) is 2. The number of aryl methyl sites for hydroxylation is 1. The molecule has 0 unspecified atom stereocenters. The van der Waals surface area contributed by atoms with Gasteiger partial charge in [-0.05, 0) is 56.2 Å². The fourth-order valence-corrected chi connectivity index (χ4v) is 4.45. The summed E-state index contributed by atoms with van der Waals surface area (Å²) in [5.41, 5.74) is 2.91. The molecule has 4 rings (SSSR count). The number of nitrogens with zero attached hydrogens (tertiary/aromatic N) is 2. The van der Waals surface area contributed by atoms with Crippen molar-refractivity contribution in [2.75, 3.05) is 7.11 Å². The molecule has 0 saturated heterocycles. The van der Waals surface area contributed by atoms with Crippen molar-refractivity contribution in [2.45, 2.75) is 52.5 Å². The van der Waals surface area contributed by atoms with Crippen molar-refractivity contribution in [3.63, 3.8) is 0 Å². The van der Waals surface area contributed by atoms with Crippen molar-refractivity contribution in [1.29, 1.82) is 0 Å². The highest BCUT2D eigenvalue weighted by atomic mass is 16.7. The van der Waals surface area contributed by atoms with Gasteiger partial charge in [-0.3, -0.25) is 14.4 Å². The molecule has 8 nitrogen and oxygen atoms in total. The summed E-state index contributed by atoms with van der Waals surface area (Å²) < 4.78 is 6.79. The minimum atomic E-state index is -0.668. The molecular formula is C27H28N2O6. The molecule has 0 aliphatic heterocycles. The third-order valence-corrected chi connectivity index (χ3v) is 6.54. The number of rotatable bonds is 9. The van der Waals surface area contributed by atoms with Gasteiger partial charge in [0.2, 0.25) is 5.78 Å². The molecule has 0 bridgehead atoms. The summed E-state index contributed by atoms with van der Waals surface area (Å²) in [5, 5.41) is 5.44. The summed E-state index contributed by atoms with van der Waals surface area (Å²) in [6, 6.07) is 11.1. The maximum atomic E-state index is 13.3. The number of carbonyl (C=O) groups excluding carboxylic acids is 4. The summed E-state index contributed by atoms with van der Waals surface area (Å²) >= 11 is 0. The highest BCUT2D eigenvalue weighted by molar-refractivity contribution is 6.46. The Morgan fingerprint density at radius 2 is 1.60 bits per heavy atom. The molecule has 0 N–H and O–H groups in total. The first-order valence-corrected chi connectivity index (χ1v) is 11.8. The van der Waals surface area contributed by atoms with Crippen LogP contribution in [0.25, 0.3) is 21.8 Å². The van der Waals surface area contributed by atoms with Gasteiger partial charge in [0.15, 0.2) is 5.78 Å². The minimum Gasteiger partial charge on any atom is -0.469 e. The van der Waals surface area contributed by atoms with E-state index in [4.69, 9.17) is 4.84 Å². The molecule has 182 valence electrons. The SMILES string of the molecule is CCn1c2ccc(C(=O)/C(CCC(=O)OC)=N\OC(C)=O)cc2c2cc(C(=O)C3CCC3)ccc21. The summed E-state index contributed by atoms with van der Waals surface area (Å²) in [6.07, 6.45) is 2.84. The lowest BCUT2D eigenvalue weighted by molar-refractivity contribution is -0.141. The molecular weight excluding hydrogens is 448 g/mol. The van der Waals surface area contributed by atoms with Crippen LogP contribution in [-0.2, 0) is 25.7 Å². The van der Waals surface area contributed by atoms with Crippen molar-refractivity contribution in [3.05, 3.63) is 47.5 Å². The molecule has 1 heterocycles. The van der Waals surface area contributed by atoms with Gasteiger partial charge in [0, 0.05) is 58.7 Å². The van der Waals surface area contributed by atoms with E-state index in [1.807, 2.05) is 31.2 Å². The lowest BCUT2D eigenvalue weighted by Crippen LogP contribution is -2.21. The molecule has 0 amide bonds. The Morgan fingerprint density at radius 1 is 0.971 bits per heavy atom. The van der Waals surface area contributed by atoms with Crippen molar-refractivity contribution >= 4 is 51.0 Å². The number of oxime groups is 1. The fraction of sp³-hybridized carbons (Fsp3) is 0.370. The van der Waals surface area contributed by atoms with Gasteiger partial charge in [0.25, 0.3) is 0 Å². The average Bonchev–Trinajstić information content (AvgIpc) is 3.14. The van der Waals surface area contributed by atoms with Crippen molar-refractivity contribution in [2.24, 2.45) is 11.1 Å². The van der Waals surface area contributed by atoms with Crippen LogP contribution in [0.3, 0.4) is 0 Å². The first-order valence-electron chi connectivity index (χ1n) is 11.8. The normalized spacial score (nSPS) is 14.1. The first kappa shape index (κ1) is 24.3. The number of ether oxygens (including phenoxy) is 1. The predicted molar refractivity (Wildman–Crippen MR) is 132 cm³/mol. The van der Waals surface area contributed by atoms with Gasteiger partial charge < -0.3 is 14.1 Å². The van der Waals surface area contributed by atoms with Crippen LogP contribution in [0.5, 0.6) is 0 Å². The molecule has 1 aliphatic rings. The molecule has 35 heavy (non-hydrogen) atoms. The number of benzene rings is 2. The zero-order valence-electron chi connectivity index (χ0n) is 20.1. The van der Waals surface area contributed by atoms with E-state index in [1.165, 1.54) is 14.0 Å². The van der Waals surface area contributed by atoms with E-state index in [0.29, 0.717) is 11.1 Å². The van der Waals surface area contributed by atoms with Crippen LogP contribution in [0.4, 0.5) is 0 Å². The van der Waals surface area contributed by atoms with Crippen LogP contribution < -0.4 is 0 Å². The van der Waals surface area contributed by atoms with E-state index in [2.05, 4.69) is 14.5 Å². The monoisotopic (exact) mass is 476 g/mol. The van der Waals surface area contributed by atoms with Gasteiger partial charge >= 0.3 is 11.9 Å². The molecule has 3 aromatic rings. The van der Waals surface area contributed by atoms with Crippen molar-refractivity contribution in [3.8, 4) is 0 Å². The Labute approximate surface area is 202 Å². The molecule has 0 radical (unpaired) electrons. The molecule has 1 fully saturated rings. The van der Waals surface area contributed by atoms with E-state index < -0.39 is 17.7 Å². The van der Waals surface area contributed by atoms with Crippen molar-refractivity contribution < 1.29 is 28.8 Å². The Morgan fingerprint density at radius 3 is 2.14 bits per heavy atom. The number of aromatic nitrogens is 1. The van der Waals surface area contributed by atoms with E-state index >= 15 is 0 Å². The van der Waals surface area contributed by atoms with Crippen LogP contribution in [0.1, 0.15) is 66.7 Å².